The van der Waals surface area contributed by atoms with Crippen molar-refractivity contribution in [3.63, 3.8) is 0 Å². The highest BCUT2D eigenvalue weighted by Gasteiger charge is 2.41. The fraction of sp³-hybridized carbons (Fsp3) is 0.500. The van der Waals surface area contributed by atoms with Gasteiger partial charge in [-0.15, -0.1) is 0 Å². The molecule has 1 saturated carbocycles. The number of hydrogen-bond donors (Lipinski definition) is 5. The van der Waals surface area contributed by atoms with Crippen LogP contribution in [0.2, 0.25) is 0 Å². The maximum atomic E-state index is 10.5. The molecule has 3 aromatic rings. The zero-order valence-electron chi connectivity index (χ0n) is 20.4. The van der Waals surface area contributed by atoms with Crippen molar-refractivity contribution in [1.82, 2.24) is 15.0 Å². The summed E-state index contributed by atoms with van der Waals surface area (Å²) in [6.45, 7) is 8.52. The molecule has 3 heterocycles. The molecule has 0 unspecified atom stereocenters. The second kappa shape index (κ2) is 11.5. The van der Waals surface area contributed by atoms with Crippen LogP contribution >= 0.6 is 0 Å². The normalized spacial score (nSPS) is 21.6. The smallest absolute Gasteiger partial charge is 0.224 e. The van der Waals surface area contributed by atoms with Gasteiger partial charge < -0.3 is 39.9 Å². The molecule has 35 heavy (non-hydrogen) atoms. The first-order chi connectivity index (χ1) is 16.8. The Hall–Kier alpha value is -3.12. The van der Waals surface area contributed by atoms with Crippen LogP contribution < -0.4 is 10.6 Å². The van der Waals surface area contributed by atoms with E-state index in [-0.39, 0.29) is 6.61 Å². The Kier molecular flexibility index (Phi) is 8.73. The van der Waals surface area contributed by atoms with E-state index in [1.54, 1.807) is 7.11 Å². The van der Waals surface area contributed by atoms with Crippen LogP contribution in [0.4, 0.5) is 11.8 Å². The molecule has 0 aromatic carbocycles. The molecule has 11 heteroatoms. The van der Waals surface area contributed by atoms with Gasteiger partial charge >= 0.3 is 0 Å². The van der Waals surface area contributed by atoms with E-state index in [0.29, 0.717) is 53.9 Å². The highest BCUT2D eigenvalue weighted by molar-refractivity contribution is 5.87. The van der Waals surface area contributed by atoms with E-state index in [1.807, 2.05) is 39.7 Å². The maximum Gasteiger partial charge on any atom is 0.224 e. The molecule has 1 fully saturated rings. The van der Waals surface area contributed by atoms with E-state index in [4.69, 9.17) is 13.9 Å². The third kappa shape index (κ3) is 5.59. The number of aryl methyl sites for hydroxylation is 3. The van der Waals surface area contributed by atoms with Crippen molar-refractivity contribution in [2.45, 2.75) is 45.4 Å². The molecule has 0 bridgehead atoms. The third-order valence-corrected chi connectivity index (χ3v) is 6.08. The molecule has 1 aliphatic carbocycles. The zero-order chi connectivity index (χ0) is 25.7. The number of carbonyl (C=O) groups is 1. The lowest BCUT2D eigenvalue weighted by atomic mass is 10.1. The average Bonchev–Trinajstić information content (AvgIpc) is 3.36. The van der Waals surface area contributed by atoms with E-state index in [1.165, 1.54) is 0 Å². The fourth-order valence-electron chi connectivity index (χ4n) is 4.43. The number of ether oxygens (including phenoxy) is 1. The zero-order valence-corrected chi connectivity index (χ0v) is 20.4. The molecule has 0 spiro atoms. The molecular formula is C24H33N5O6. The van der Waals surface area contributed by atoms with Crippen molar-refractivity contribution < 1.29 is 29.3 Å². The van der Waals surface area contributed by atoms with E-state index in [2.05, 4.69) is 25.6 Å². The van der Waals surface area contributed by atoms with Crippen molar-refractivity contribution in [3.8, 4) is 11.3 Å². The van der Waals surface area contributed by atoms with Crippen molar-refractivity contribution in [2.24, 2.45) is 5.92 Å². The second-order valence-corrected chi connectivity index (χ2v) is 8.56. The number of nitrogens with one attached hydrogen (secondary N) is 2. The summed E-state index contributed by atoms with van der Waals surface area (Å²) in [5.41, 5.74) is 3.73. The molecule has 5 N–H and O–H groups in total. The molecule has 0 aliphatic heterocycles. The first-order valence-electron chi connectivity index (χ1n) is 11.3. The number of aliphatic hydroxyl groups excluding tert-OH is 3. The summed E-state index contributed by atoms with van der Waals surface area (Å²) < 4.78 is 11.3. The van der Waals surface area contributed by atoms with Crippen LogP contribution in [0, 0.1) is 26.7 Å². The predicted molar refractivity (Wildman–Crippen MR) is 131 cm³/mol. The van der Waals surface area contributed by atoms with Crippen molar-refractivity contribution >= 4 is 29.5 Å². The Bertz CT molecular complexity index is 1150. The molecule has 0 saturated heterocycles. The molecule has 4 atom stereocenters. The van der Waals surface area contributed by atoms with Crippen LogP contribution in [0.1, 0.15) is 23.5 Å². The van der Waals surface area contributed by atoms with Gasteiger partial charge in [-0.1, -0.05) is 0 Å². The predicted octanol–water partition coefficient (Wildman–Crippen LogP) is 1.60. The standard InChI is InChI=1S/C23H31N5O5.CH2O/c1-11-7-14-9-17(33-21(14)13(3)25-11)18-12(2)26-23(24-5-6-32-4)28-22(18)27-16-8-15(10-29)19(30)20(16)31;1-2/h7,9,15-16,19-20,29-31H,5-6,8,10H2,1-4H3,(H2,24,26,27,28);1H2/t15-,16-,19-,20+;/m1./s1. The van der Waals surface area contributed by atoms with Gasteiger partial charge in [0.25, 0.3) is 0 Å². The number of aromatic nitrogens is 3. The molecule has 190 valence electrons. The number of furan rings is 1. The summed E-state index contributed by atoms with van der Waals surface area (Å²) in [4.78, 5) is 21.7. The summed E-state index contributed by atoms with van der Waals surface area (Å²) in [6, 6.07) is 3.40. The number of aliphatic hydroxyl groups is 3. The minimum atomic E-state index is -1.04. The Morgan fingerprint density at radius 3 is 2.51 bits per heavy atom. The lowest BCUT2D eigenvalue weighted by Gasteiger charge is -2.21. The Balaban J connectivity index is 0.00000167. The van der Waals surface area contributed by atoms with Gasteiger partial charge in [0.05, 0.1) is 35.7 Å². The highest BCUT2D eigenvalue weighted by Crippen LogP contribution is 2.37. The number of methoxy groups -OCH3 is 1. The van der Waals surface area contributed by atoms with Crippen LogP contribution in [0.5, 0.6) is 0 Å². The number of carbonyl (C=O) groups excluding carboxylic acids is 1. The third-order valence-electron chi connectivity index (χ3n) is 6.08. The number of fused-ring (bicyclic) bond motifs is 1. The van der Waals surface area contributed by atoms with E-state index >= 15 is 0 Å². The Morgan fingerprint density at radius 2 is 1.86 bits per heavy atom. The van der Waals surface area contributed by atoms with Crippen LogP contribution in [-0.2, 0) is 9.53 Å². The number of pyridine rings is 1. The van der Waals surface area contributed by atoms with E-state index < -0.39 is 24.2 Å². The van der Waals surface area contributed by atoms with Gasteiger partial charge in [-0.05, 0) is 39.3 Å². The quantitative estimate of drug-likeness (QED) is 0.293. The van der Waals surface area contributed by atoms with Gasteiger partial charge in [0.2, 0.25) is 5.95 Å². The van der Waals surface area contributed by atoms with Crippen molar-refractivity contribution in [2.75, 3.05) is 37.5 Å². The number of hydrogen-bond acceptors (Lipinski definition) is 11. The van der Waals surface area contributed by atoms with Crippen LogP contribution in [0.25, 0.3) is 22.3 Å². The molecule has 11 nitrogen and oxygen atoms in total. The molecule has 1 aliphatic rings. The summed E-state index contributed by atoms with van der Waals surface area (Å²) >= 11 is 0. The first kappa shape index (κ1) is 26.5. The van der Waals surface area contributed by atoms with E-state index in [9.17, 15) is 15.3 Å². The lowest BCUT2D eigenvalue weighted by Crippen LogP contribution is -2.35. The van der Waals surface area contributed by atoms with E-state index in [0.717, 1.165) is 16.8 Å². The number of nitrogens with zero attached hydrogens (tertiary/aromatic N) is 3. The molecule has 4 rings (SSSR count). The summed E-state index contributed by atoms with van der Waals surface area (Å²) in [7, 11) is 1.62. The molecule has 0 amide bonds. The monoisotopic (exact) mass is 487 g/mol. The molecule has 0 radical (unpaired) electrons. The summed E-state index contributed by atoms with van der Waals surface area (Å²) in [5, 5.41) is 37.7. The summed E-state index contributed by atoms with van der Waals surface area (Å²) in [5.74, 6) is 1.05. The average molecular weight is 488 g/mol. The van der Waals surface area contributed by atoms with Crippen LogP contribution in [-0.4, -0.2) is 82.2 Å². The van der Waals surface area contributed by atoms with Gasteiger partial charge in [-0.3, -0.25) is 4.98 Å². The first-order valence-corrected chi connectivity index (χ1v) is 11.3. The highest BCUT2D eigenvalue weighted by atomic mass is 16.5. The van der Waals surface area contributed by atoms with Gasteiger partial charge in [0, 0.05) is 37.3 Å². The van der Waals surface area contributed by atoms with Crippen molar-refractivity contribution in [3.05, 3.63) is 29.2 Å². The largest absolute Gasteiger partial charge is 0.454 e. The number of rotatable bonds is 8. The SMILES string of the molecule is C=O.COCCNc1nc(C)c(-c2cc3cc(C)nc(C)c3o2)c(N[C@@H]2C[C@H](CO)[C@@H](O)[C@H]2O)n1. The van der Waals surface area contributed by atoms with Gasteiger partial charge in [0.1, 0.15) is 24.5 Å². The molecular weight excluding hydrogens is 454 g/mol. The lowest BCUT2D eigenvalue weighted by molar-refractivity contribution is -0.0980. The maximum absolute atomic E-state index is 10.5. The topological polar surface area (TPSA) is 163 Å². The molecule has 3 aromatic heterocycles. The van der Waals surface area contributed by atoms with Gasteiger partial charge in [-0.25, -0.2) is 4.98 Å². The Morgan fingerprint density at radius 1 is 1.11 bits per heavy atom. The summed E-state index contributed by atoms with van der Waals surface area (Å²) in [6.07, 6.45) is -1.66. The van der Waals surface area contributed by atoms with Crippen LogP contribution in [0.3, 0.4) is 0 Å². The minimum Gasteiger partial charge on any atom is -0.454 e. The van der Waals surface area contributed by atoms with Gasteiger partial charge in [-0.2, -0.15) is 4.98 Å². The Labute approximate surface area is 203 Å². The number of anilines is 2. The van der Waals surface area contributed by atoms with Gasteiger partial charge in [0.15, 0.2) is 5.58 Å². The second-order valence-electron chi connectivity index (χ2n) is 8.56. The fourth-order valence-corrected chi connectivity index (χ4v) is 4.43. The van der Waals surface area contributed by atoms with Crippen molar-refractivity contribution in [1.29, 1.82) is 0 Å². The van der Waals surface area contributed by atoms with Crippen LogP contribution in [0.15, 0.2) is 16.5 Å². The minimum absolute atomic E-state index is 0.203.